The van der Waals surface area contributed by atoms with E-state index in [4.69, 9.17) is 0 Å². The normalized spacial score (nSPS) is 22.5. The number of rotatable bonds is 2. The molecule has 0 bridgehead atoms. The van der Waals surface area contributed by atoms with Gasteiger partial charge in [-0.15, -0.1) is 0 Å². The van der Waals surface area contributed by atoms with Crippen molar-refractivity contribution in [1.29, 1.82) is 0 Å². The van der Waals surface area contributed by atoms with E-state index in [0.29, 0.717) is 0 Å². The number of nitrogens with zero attached hydrogens (tertiary/aromatic N) is 1. The summed E-state index contributed by atoms with van der Waals surface area (Å²) >= 11 is 3.59. The van der Waals surface area contributed by atoms with Crippen molar-refractivity contribution in [3.05, 3.63) is 28.2 Å². The Bertz CT molecular complexity index is 378. The minimum Gasteiger partial charge on any atom is -0.389 e. The summed E-state index contributed by atoms with van der Waals surface area (Å²) in [5, 5.41) is 9.51. The van der Waals surface area contributed by atoms with Gasteiger partial charge in [-0.3, -0.25) is 0 Å². The van der Waals surface area contributed by atoms with Gasteiger partial charge in [-0.1, -0.05) is 13.0 Å². The molecule has 0 radical (unpaired) electrons. The van der Waals surface area contributed by atoms with Crippen LogP contribution >= 0.6 is 15.9 Å². The van der Waals surface area contributed by atoms with Crippen LogP contribution in [0.25, 0.3) is 0 Å². The highest BCUT2D eigenvalue weighted by Crippen LogP contribution is 2.32. The Balaban J connectivity index is 2.22. The molecule has 16 heavy (non-hydrogen) atoms. The molecule has 2 rings (SSSR count). The van der Waals surface area contributed by atoms with Gasteiger partial charge in [0, 0.05) is 17.6 Å². The van der Waals surface area contributed by atoms with Crippen molar-refractivity contribution in [3.63, 3.8) is 0 Å². The third-order valence-electron chi connectivity index (χ3n) is 3.22. The summed E-state index contributed by atoms with van der Waals surface area (Å²) in [7, 11) is 0. The fourth-order valence-corrected chi connectivity index (χ4v) is 2.84. The fourth-order valence-electron chi connectivity index (χ4n) is 2.19. The molecular formula is C13H18BrNO. The van der Waals surface area contributed by atoms with Crippen LogP contribution in [0.3, 0.4) is 0 Å². The lowest BCUT2D eigenvalue weighted by Gasteiger charge is -2.20. The molecule has 1 aliphatic heterocycles. The molecule has 0 saturated carbocycles. The Morgan fingerprint density at radius 2 is 2.25 bits per heavy atom. The molecule has 1 aromatic carbocycles. The minimum absolute atomic E-state index is 0.400. The number of hydrogen-bond acceptors (Lipinski definition) is 2. The van der Waals surface area contributed by atoms with Crippen molar-refractivity contribution in [2.24, 2.45) is 5.92 Å². The third-order valence-corrected chi connectivity index (χ3v) is 3.85. The van der Waals surface area contributed by atoms with Crippen molar-refractivity contribution in [3.8, 4) is 0 Å². The van der Waals surface area contributed by atoms with Crippen LogP contribution in [0, 0.1) is 5.92 Å². The first-order valence-corrected chi connectivity index (χ1v) is 6.59. The largest absolute Gasteiger partial charge is 0.389 e. The first kappa shape index (κ1) is 11.9. The second-order valence-electron chi connectivity index (χ2n) is 4.73. The van der Waals surface area contributed by atoms with Crippen molar-refractivity contribution >= 4 is 21.6 Å². The van der Waals surface area contributed by atoms with E-state index in [9.17, 15) is 5.11 Å². The van der Waals surface area contributed by atoms with Crippen molar-refractivity contribution in [2.75, 3.05) is 18.0 Å². The fraction of sp³-hybridized carbons (Fsp3) is 0.538. The van der Waals surface area contributed by atoms with E-state index in [2.05, 4.69) is 33.8 Å². The number of aliphatic hydroxyl groups excluding tert-OH is 1. The molecule has 1 saturated heterocycles. The Labute approximate surface area is 105 Å². The summed E-state index contributed by atoms with van der Waals surface area (Å²) in [6.07, 6.45) is 0.868. The molecule has 0 aliphatic carbocycles. The van der Waals surface area contributed by atoms with Gasteiger partial charge in [0.1, 0.15) is 0 Å². The van der Waals surface area contributed by atoms with Crippen LogP contribution in [-0.4, -0.2) is 18.2 Å². The first-order valence-electron chi connectivity index (χ1n) is 5.80. The Morgan fingerprint density at radius 3 is 2.75 bits per heavy atom. The molecule has 1 fully saturated rings. The summed E-state index contributed by atoms with van der Waals surface area (Å²) in [5.74, 6) is 0.781. The van der Waals surface area contributed by atoms with E-state index in [1.165, 1.54) is 12.1 Å². The van der Waals surface area contributed by atoms with Gasteiger partial charge < -0.3 is 10.0 Å². The zero-order valence-electron chi connectivity index (χ0n) is 9.78. The molecule has 3 heteroatoms. The molecule has 2 nitrogen and oxygen atoms in total. The molecule has 0 spiro atoms. The topological polar surface area (TPSA) is 23.5 Å². The van der Waals surface area contributed by atoms with Crippen LogP contribution in [0.5, 0.6) is 0 Å². The molecule has 0 aromatic heterocycles. The second-order valence-corrected chi connectivity index (χ2v) is 5.58. The number of benzene rings is 1. The summed E-state index contributed by atoms with van der Waals surface area (Å²) in [6.45, 7) is 6.35. The molecule has 88 valence electrons. The van der Waals surface area contributed by atoms with Crippen LogP contribution in [0.1, 0.15) is 31.9 Å². The SMILES string of the molecule is CC1CCN(c2ccc(C(C)O)cc2Br)C1. The van der Waals surface area contributed by atoms with Crippen LogP contribution in [0.2, 0.25) is 0 Å². The summed E-state index contributed by atoms with van der Waals surface area (Å²) in [6, 6.07) is 6.13. The van der Waals surface area contributed by atoms with E-state index in [1.807, 2.05) is 12.1 Å². The van der Waals surface area contributed by atoms with Gasteiger partial charge in [-0.25, -0.2) is 0 Å². The molecular weight excluding hydrogens is 266 g/mol. The van der Waals surface area contributed by atoms with Gasteiger partial charge in [0.15, 0.2) is 0 Å². The Hall–Kier alpha value is -0.540. The molecule has 0 amide bonds. The highest BCUT2D eigenvalue weighted by atomic mass is 79.9. The lowest BCUT2D eigenvalue weighted by Crippen LogP contribution is -2.19. The van der Waals surface area contributed by atoms with Crippen LogP contribution < -0.4 is 4.90 Å². The minimum atomic E-state index is -0.400. The second kappa shape index (κ2) is 4.76. The van der Waals surface area contributed by atoms with E-state index in [-0.39, 0.29) is 0 Å². The van der Waals surface area contributed by atoms with Crippen LogP contribution in [0.4, 0.5) is 5.69 Å². The average molecular weight is 284 g/mol. The molecule has 1 aromatic rings. The lowest BCUT2D eigenvalue weighted by molar-refractivity contribution is 0.199. The average Bonchev–Trinajstić information content (AvgIpc) is 2.64. The zero-order valence-corrected chi connectivity index (χ0v) is 11.4. The molecule has 2 atom stereocenters. The van der Waals surface area contributed by atoms with E-state index in [1.54, 1.807) is 6.92 Å². The number of aliphatic hydroxyl groups is 1. The first-order chi connectivity index (χ1) is 7.58. The van der Waals surface area contributed by atoms with Gasteiger partial charge in [0.2, 0.25) is 0 Å². The van der Waals surface area contributed by atoms with Crippen LogP contribution in [0.15, 0.2) is 22.7 Å². The summed E-state index contributed by atoms with van der Waals surface area (Å²) in [4.78, 5) is 2.40. The smallest absolute Gasteiger partial charge is 0.0762 e. The zero-order chi connectivity index (χ0) is 11.7. The van der Waals surface area contributed by atoms with Gasteiger partial charge in [-0.2, -0.15) is 0 Å². The lowest BCUT2D eigenvalue weighted by atomic mass is 10.1. The number of anilines is 1. The molecule has 1 N–H and O–H groups in total. The Kier molecular flexibility index (Phi) is 3.55. The Morgan fingerprint density at radius 1 is 1.50 bits per heavy atom. The summed E-state index contributed by atoms with van der Waals surface area (Å²) < 4.78 is 1.08. The monoisotopic (exact) mass is 283 g/mol. The standard InChI is InChI=1S/C13H18BrNO/c1-9-5-6-15(8-9)13-4-3-11(10(2)16)7-12(13)14/h3-4,7,9-10,16H,5-6,8H2,1-2H3. The van der Waals surface area contributed by atoms with E-state index >= 15 is 0 Å². The van der Waals surface area contributed by atoms with Gasteiger partial charge >= 0.3 is 0 Å². The van der Waals surface area contributed by atoms with Crippen molar-refractivity contribution in [1.82, 2.24) is 0 Å². The number of hydrogen-bond donors (Lipinski definition) is 1. The van der Waals surface area contributed by atoms with Crippen molar-refractivity contribution in [2.45, 2.75) is 26.4 Å². The number of halogens is 1. The predicted molar refractivity (Wildman–Crippen MR) is 70.8 cm³/mol. The van der Waals surface area contributed by atoms with Crippen molar-refractivity contribution < 1.29 is 5.11 Å². The maximum atomic E-state index is 9.51. The molecule has 1 heterocycles. The van der Waals surface area contributed by atoms with Gasteiger partial charge in [0.25, 0.3) is 0 Å². The highest BCUT2D eigenvalue weighted by molar-refractivity contribution is 9.10. The molecule has 1 aliphatic rings. The third kappa shape index (κ3) is 2.41. The van der Waals surface area contributed by atoms with E-state index < -0.39 is 6.10 Å². The quantitative estimate of drug-likeness (QED) is 0.900. The van der Waals surface area contributed by atoms with Gasteiger partial charge in [0.05, 0.1) is 11.8 Å². The highest BCUT2D eigenvalue weighted by Gasteiger charge is 2.20. The predicted octanol–water partition coefficient (Wildman–Crippen LogP) is 3.35. The van der Waals surface area contributed by atoms with Gasteiger partial charge in [-0.05, 0) is 52.9 Å². The maximum absolute atomic E-state index is 9.51. The van der Waals surface area contributed by atoms with E-state index in [0.717, 1.165) is 29.0 Å². The maximum Gasteiger partial charge on any atom is 0.0762 e. The van der Waals surface area contributed by atoms with Crippen LogP contribution in [-0.2, 0) is 0 Å². The summed E-state index contributed by atoms with van der Waals surface area (Å²) in [5.41, 5.74) is 2.21. The molecule has 2 unspecified atom stereocenters.